The second-order valence-electron chi connectivity index (χ2n) is 6.49. The van der Waals surface area contributed by atoms with Crippen LogP contribution in [0.15, 0.2) is 30.3 Å². The number of nitrogens with one attached hydrogen (secondary N) is 2. The fraction of sp³-hybridized carbons (Fsp3) is 0.444. The van der Waals surface area contributed by atoms with Crippen molar-refractivity contribution in [3.05, 3.63) is 47.3 Å². The van der Waals surface area contributed by atoms with Crippen LogP contribution in [0.5, 0.6) is 0 Å². The molecule has 6 heteroatoms. The van der Waals surface area contributed by atoms with E-state index in [1.54, 1.807) is 0 Å². The van der Waals surface area contributed by atoms with Crippen molar-refractivity contribution in [2.45, 2.75) is 51.8 Å². The minimum absolute atomic E-state index is 0.150. The highest BCUT2D eigenvalue weighted by Gasteiger charge is 2.26. The van der Waals surface area contributed by atoms with Crippen molar-refractivity contribution < 1.29 is 9.90 Å². The number of anilines is 1. The molecule has 0 unspecified atom stereocenters. The average Bonchev–Trinajstić information content (AvgIpc) is 3.05. The zero-order valence-corrected chi connectivity index (χ0v) is 14.1. The van der Waals surface area contributed by atoms with Crippen molar-refractivity contribution >= 4 is 11.7 Å². The minimum Gasteiger partial charge on any atom is -0.391 e. The summed E-state index contributed by atoms with van der Waals surface area (Å²) >= 11 is 0. The Morgan fingerprint density at radius 2 is 2.17 bits per heavy atom. The molecule has 1 aliphatic carbocycles. The molecule has 0 saturated heterocycles. The Bertz CT molecular complexity index is 726. The van der Waals surface area contributed by atoms with Crippen LogP contribution in [0.4, 0.5) is 10.5 Å². The molecule has 3 rings (SSSR count). The number of hydrogen-bond donors (Lipinski definition) is 3. The molecule has 1 fully saturated rings. The Morgan fingerprint density at radius 3 is 2.83 bits per heavy atom. The topological polar surface area (TPSA) is 79.2 Å². The van der Waals surface area contributed by atoms with Gasteiger partial charge in [-0.1, -0.05) is 12.1 Å². The second-order valence-corrected chi connectivity index (χ2v) is 6.49. The first-order chi connectivity index (χ1) is 11.5. The predicted octanol–water partition coefficient (Wildman–Crippen LogP) is 2.58. The first kappa shape index (κ1) is 16.5. The Balaban J connectivity index is 1.62. The number of carbonyl (C=O) groups excluding carboxylic acids is 1. The van der Waals surface area contributed by atoms with Gasteiger partial charge in [0, 0.05) is 11.4 Å². The van der Waals surface area contributed by atoms with E-state index < -0.39 is 6.10 Å². The van der Waals surface area contributed by atoms with Crippen LogP contribution in [0.25, 0.3) is 0 Å². The van der Waals surface area contributed by atoms with E-state index in [2.05, 4.69) is 15.7 Å². The van der Waals surface area contributed by atoms with Gasteiger partial charge in [0.25, 0.3) is 0 Å². The van der Waals surface area contributed by atoms with Crippen LogP contribution in [0, 0.1) is 13.8 Å². The molecule has 3 N–H and O–H groups in total. The van der Waals surface area contributed by atoms with Gasteiger partial charge in [-0.3, -0.25) is 4.68 Å². The molecule has 128 valence electrons. The Hall–Kier alpha value is -2.34. The first-order valence-electron chi connectivity index (χ1n) is 8.37. The lowest BCUT2D eigenvalue weighted by molar-refractivity contribution is 0.151. The monoisotopic (exact) mass is 328 g/mol. The third-order valence-electron chi connectivity index (χ3n) is 4.42. The van der Waals surface area contributed by atoms with Gasteiger partial charge in [0.15, 0.2) is 0 Å². The van der Waals surface area contributed by atoms with Crippen LogP contribution < -0.4 is 10.6 Å². The largest absolute Gasteiger partial charge is 0.391 e. The Kier molecular flexibility index (Phi) is 4.85. The molecule has 1 heterocycles. The van der Waals surface area contributed by atoms with Crippen molar-refractivity contribution in [2.24, 2.45) is 0 Å². The van der Waals surface area contributed by atoms with Crippen molar-refractivity contribution in [1.29, 1.82) is 0 Å². The van der Waals surface area contributed by atoms with E-state index in [-0.39, 0.29) is 12.1 Å². The normalized spacial score (nSPS) is 20.1. The second kappa shape index (κ2) is 7.05. The molecule has 2 atom stereocenters. The van der Waals surface area contributed by atoms with Crippen LogP contribution in [0.3, 0.4) is 0 Å². The molecule has 6 nitrogen and oxygen atoms in total. The quantitative estimate of drug-likeness (QED) is 0.807. The van der Waals surface area contributed by atoms with E-state index in [9.17, 15) is 9.90 Å². The van der Waals surface area contributed by atoms with Crippen molar-refractivity contribution in [2.75, 3.05) is 5.32 Å². The van der Waals surface area contributed by atoms with Gasteiger partial charge in [-0.05, 0) is 56.9 Å². The number of hydrogen-bond acceptors (Lipinski definition) is 3. The first-order valence-corrected chi connectivity index (χ1v) is 8.37. The summed E-state index contributed by atoms with van der Waals surface area (Å²) in [7, 11) is 0. The highest BCUT2D eigenvalue weighted by atomic mass is 16.3. The molecule has 0 bridgehead atoms. The number of nitrogens with zero attached hydrogens (tertiary/aromatic N) is 2. The number of aromatic nitrogens is 2. The summed E-state index contributed by atoms with van der Waals surface area (Å²) in [4.78, 5) is 12.1. The molecule has 1 aliphatic rings. The summed E-state index contributed by atoms with van der Waals surface area (Å²) in [5.41, 5.74) is 3.91. The number of amides is 2. The van der Waals surface area contributed by atoms with Crippen LogP contribution >= 0.6 is 0 Å². The maximum absolute atomic E-state index is 12.1. The lowest BCUT2D eigenvalue weighted by Crippen LogP contribution is -2.42. The number of aliphatic hydroxyl groups excluding tert-OH is 1. The maximum Gasteiger partial charge on any atom is 0.319 e. The highest BCUT2D eigenvalue weighted by Crippen LogP contribution is 2.19. The van der Waals surface area contributed by atoms with E-state index in [0.717, 1.165) is 41.9 Å². The lowest BCUT2D eigenvalue weighted by Gasteiger charge is -2.17. The molecule has 1 saturated carbocycles. The zero-order valence-electron chi connectivity index (χ0n) is 14.1. The number of carbonyl (C=O) groups is 1. The Labute approximate surface area is 141 Å². The lowest BCUT2D eigenvalue weighted by atomic mass is 10.2. The molecule has 1 aromatic heterocycles. The standard InChI is InChI=1S/C18H24N4O2/c1-12-9-13(2)22(21-12)11-14-5-3-6-15(10-14)19-18(24)20-16-7-4-8-17(16)23/h3,5-6,9-10,16-17,23H,4,7-8,11H2,1-2H3,(H2,19,20,24)/t16-,17+/m0/s1. The van der Waals surface area contributed by atoms with Crippen LogP contribution in [-0.4, -0.2) is 33.1 Å². The number of aryl methyl sites for hydroxylation is 2. The summed E-state index contributed by atoms with van der Waals surface area (Å²) in [6.07, 6.45) is 2.09. The molecule has 2 amide bonds. The van der Waals surface area contributed by atoms with E-state index in [4.69, 9.17) is 0 Å². The zero-order chi connectivity index (χ0) is 17.1. The van der Waals surface area contributed by atoms with Gasteiger partial charge in [-0.2, -0.15) is 5.10 Å². The van der Waals surface area contributed by atoms with E-state index in [1.165, 1.54) is 0 Å². The van der Waals surface area contributed by atoms with Gasteiger partial charge < -0.3 is 15.7 Å². The molecule has 2 aromatic rings. The van der Waals surface area contributed by atoms with E-state index in [1.807, 2.05) is 48.9 Å². The maximum atomic E-state index is 12.1. The fourth-order valence-corrected chi connectivity index (χ4v) is 3.20. The van der Waals surface area contributed by atoms with Gasteiger partial charge in [0.1, 0.15) is 0 Å². The number of rotatable bonds is 4. The SMILES string of the molecule is Cc1cc(C)n(Cc2cccc(NC(=O)N[C@H]3CCC[C@H]3O)c2)n1. The van der Waals surface area contributed by atoms with Crippen molar-refractivity contribution in [3.63, 3.8) is 0 Å². The predicted molar refractivity (Wildman–Crippen MR) is 93.0 cm³/mol. The van der Waals surface area contributed by atoms with Gasteiger partial charge in [0.2, 0.25) is 0 Å². The Morgan fingerprint density at radius 1 is 1.33 bits per heavy atom. The van der Waals surface area contributed by atoms with Gasteiger partial charge in [-0.15, -0.1) is 0 Å². The smallest absolute Gasteiger partial charge is 0.319 e. The fourth-order valence-electron chi connectivity index (χ4n) is 3.20. The molecule has 0 spiro atoms. The van der Waals surface area contributed by atoms with E-state index in [0.29, 0.717) is 6.54 Å². The van der Waals surface area contributed by atoms with Gasteiger partial charge >= 0.3 is 6.03 Å². The summed E-state index contributed by atoms with van der Waals surface area (Å²) in [6, 6.07) is 9.35. The minimum atomic E-state index is -0.437. The highest BCUT2D eigenvalue weighted by molar-refractivity contribution is 5.89. The third-order valence-corrected chi connectivity index (χ3v) is 4.42. The van der Waals surface area contributed by atoms with Gasteiger partial charge in [-0.25, -0.2) is 4.79 Å². The summed E-state index contributed by atoms with van der Waals surface area (Å²) in [6.45, 7) is 4.67. The van der Waals surface area contributed by atoms with Crippen LogP contribution in [0.1, 0.15) is 36.2 Å². The van der Waals surface area contributed by atoms with Crippen molar-refractivity contribution in [1.82, 2.24) is 15.1 Å². The molecule has 24 heavy (non-hydrogen) atoms. The summed E-state index contributed by atoms with van der Waals surface area (Å²) < 4.78 is 1.95. The van der Waals surface area contributed by atoms with Gasteiger partial charge in [0.05, 0.1) is 24.4 Å². The molecule has 1 aromatic carbocycles. The van der Waals surface area contributed by atoms with Crippen LogP contribution in [-0.2, 0) is 6.54 Å². The number of aliphatic hydroxyl groups is 1. The number of urea groups is 1. The third kappa shape index (κ3) is 3.94. The average molecular weight is 328 g/mol. The molecular weight excluding hydrogens is 304 g/mol. The summed E-state index contributed by atoms with van der Waals surface area (Å²) in [5, 5.41) is 19.9. The molecule has 0 radical (unpaired) electrons. The van der Waals surface area contributed by atoms with E-state index >= 15 is 0 Å². The number of benzene rings is 1. The molecule has 0 aliphatic heterocycles. The molecular formula is C18H24N4O2. The van der Waals surface area contributed by atoms with Crippen LogP contribution in [0.2, 0.25) is 0 Å². The summed E-state index contributed by atoms with van der Waals surface area (Å²) in [5.74, 6) is 0. The van der Waals surface area contributed by atoms with Crippen molar-refractivity contribution in [3.8, 4) is 0 Å².